The lowest BCUT2D eigenvalue weighted by atomic mass is 10.2. The van der Waals surface area contributed by atoms with Gasteiger partial charge in [-0.15, -0.1) is 0 Å². The van der Waals surface area contributed by atoms with E-state index in [2.05, 4.69) is 20.7 Å². The molecule has 6 nitrogen and oxygen atoms in total. The molecule has 21 heavy (non-hydrogen) atoms. The molecule has 0 saturated heterocycles. The van der Waals surface area contributed by atoms with E-state index in [1.54, 1.807) is 13.0 Å². The largest absolute Gasteiger partial charge is 0.393 e. The minimum absolute atomic E-state index is 0.279. The van der Waals surface area contributed by atoms with E-state index in [1.165, 1.54) is 0 Å². The van der Waals surface area contributed by atoms with Gasteiger partial charge in [-0.1, -0.05) is 30.3 Å². The molecule has 0 aliphatic carbocycles. The third kappa shape index (κ3) is 4.70. The van der Waals surface area contributed by atoms with E-state index >= 15 is 0 Å². The molecule has 0 bridgehead atoms. The number of anilines is 2. The zero-order valence-electron chi connectivity index (χ0n) is 12.1. The molecular formula is C15H21N5O. The molecule has 1 aromatic heterocycles. The second-order valence-electron chi connectivity index (χ2n) is 4.89. The number of nitrogens with two attached hydrogens (primary N) is 1. The molecule has 112 valence electrons. The monoisotopic (exact) mass is 287 g/mol. The summed E-state index contributed by atoms with van der Waals surface area (Å²) >= 11 is 0. The van der Waals surface area contributed by atoms with Crippen LogP contribution in [0.2, 0.25) is 0 Å². The molecule has 1 aromatic carbocycles. The number of hydrogen-bond donors (Lipinski definition) is 4. The zero-order chi connectivity index (χ0) is 15.1. The van der Waals surface area contributed by atoms with Gasteiger partial charge in [-0.2, -0.15) is 0 Å². The van der Waals surface area contributed by atoms with E-state index < -0.39 is 0 Å². The number of aromatic nitrogens is 2. The summed E-state index contributed by atoms with van der Waals surface area (Å²) in [5.41, 5.74) is 3.49. The number of nitrogen functional groups attached to an aromatic ring is 1. The predicted molar refractivity (Wildman–Crippen MR) is 84.7 cm³/mol. The Kier molecular flexibility index (Phi) is 5.48. The molecule has 6 heteroatoms. The van der Waals surface area contributed by atoms with Gasteiger partial charge in [0.1, 0.15) is 11.6 Å². The second kappa shape index (κ2) is 7.56. The Morgan fingerprint density at radius 3 is 2.57 bits per heavy atom. The molecule has 0 aliphatic heterocycles. The first-order valence-corrected chi connectivity index (χ1v) is 7.02. The summed E-state index contributed by atoms with van der Waals surface area (Å²) in [6.45, 7) is 2.52. The van der Waals surface area contributed by atoms with Crippen LogP contribution in [-0.4, -0.2) is 27.7 Å². The summed E-state index contributed by atoms with van der Waals surface area (Å²) in [7, 11) is 0. The van der Waals surface area contributed by atoms with Gasteiger partial charge >= 0.3 is 0 Å². The molecule has 5 N–H and O–H groups in total. The number of rotatable bonds is 7. The van der Waals surface area contributed by atoms with E-state index in [4.69, 9.17) is 5.84 Å². The van der Waals surface area contributed by atoms with Crippen LogP contribution in [0, 0.1) is 0 Å². The molecule has 0 aliphatic rings. The van der Waals surface area contributed by atoms with Crippen LogP contribution in [0.15, 0.2) is 36.4 Å². The first-order chi connectivity index (χ1) is 10.2. The number of nitrogens with zero attached hydrogens (tertiary/aromatic N) is 2. The molecule has 0 spiro atoms. The van der Waals surface area contributed by atoms with E-state index in [1.807, 2.05) is 30.3 Å². The lowest BCUT2D eigenvalue weighted by molar-refractivity contribution is 0.183. The fourth-order valence-corrected chi connectivity index (χ4v) is 1.94. The Hall–Kier alpha value is -2.18. The summed E-state index contributed by atoms with van der Waals surface area (Å²) in [6.07, 6.45) is 1.35. The quantitative estimate of drug-likeness (QED) is 0.353. The van der Waals surface area contributed by atoms with Crippen LogP contribution in [0.1, 0.15) is 19.8 Å². The fourth-order valence-electron chi connectivity index (χ4n) is 1.94. The molecule has 1 atom stereocenters. The van der Waals surface area contributed by atoms with Crippen molar-refractivity contribution in [1.29, 1.82) is 0 Å². The van der Waals surface area contributed by atoms with Gasteiger partial charge in [0.05, 0.1) is 6.10 Å². The average Bonchev–Trinajstić information content (AvgIpc) is 2.52. The van der Waals surface area contributed by atoms with E-state index in [-0.39, 0.29) is 6.10 Å². The van der Waals surface area contributed by atoms with Crippen molar-refractivity contribution < 1.29 is 5.11 Å². The van der Waals surface area contributed by atoms with Crippen molar-refractivity contribution in [1.82, 2.24) is 9.97 Å². The first-order valence-electron chi connectivity index (χ1n) is 7.02. The highest BCUT2D eigenvalue weighted by Crippen LogP contribution is 2.19. The maximum absolute atomic E-state index is 9.24. The minimum atomic E-state index is -0.279. The van der Waals surface area contributed by atoms with Crippen LogP contribution in [0.4, 0.5) is 11.6 Å². The second-order valence-corrected chi connectivity index (χ2v) is 4.89. The van der Waals surface area contributed by atoms with Gasteiger partial charge in [0, 0.05) is 18.2 Å². The summed E-state index contributed by atoms with van der Waals surface area (Å²) in [5, 5.41) is 12.5. The number of aliphatic hydroxyl groups is 1. The average molecular weight is 287 g/mol. The van der Waals surface area contributed by atoms with E-state index in [0.29, 0.717) is 17.5 Å². The molecular weight excluding hydrogens is 266 g/mol. The van der Waals surface area contributed by atoms with Gasteiger partial charge in [0.2, 0.25) is 0 Å². The smallest absolute Gasteiger partial charge is 0.163 e. The Balaban J connectivity index is 2.11. The molecule has 0 fully saturated rings. The van der Waals surface area contributed by atoms with Gasteiger partial charge in [-0.05, 0) is 19.8 Å². The lowest BCUT2D eigenvalue weighted by Crippen LogP contribution is -2.12. The van der Waals surface area contributed by atoms with Crippen LogP contribution >= 0.6 is 0 Å². The lowest BCUT2D eigenvalue weighted by Gasteiger charge is -2.10. The Morgan fingerprint density at radius 2 is 1.90 bits per heavy atom. The topological polar surface area (TPSA) is 96.1 Å². The third-order valence-corrected chi connectivity index (χ3v) is 3.01. The van der Waals surface area contributed by atoms with Gasteiger partial charge in [-0.3, -0.25) is 0 Å². The van der Waals surface area contributed by atoms with Crippen LogP contribution in [0.25, 0.3) is 11.4 Å². The van der Waals surface area contributed by atoms with Crippen molar-refractivity contribution in [3.05, 3.63) is 36.4 Å². The SMILES string of the molecule is CC(O)CCCNc1cc(NN)nc(-c2ccccc2)n1. The Labute approximate surface area is 124 Å². The van der Waals surface area contributed by atoms with E-state index in [9.17, 15) is 5.11 Å². The van der Waals surface area contributed by atoms with Crippen molar-refractivity contribution in [3.63, 3.8) is 0 Å². The molecule has 1 unspecified atom stereocenters. The third-order valence-electron chi connectivity index (χ3n) is 3.01. The zero-order valence-corrected chi connectivity index (χ0v) is 12.1. The van der Waals surface area contributed by atoms with Crippen molar-refractivity contribution >= 4 is 11.6 Å². The van der Waals surface area contributed by atoms with Gasteiger partial charge in [-0.25, -0.2) is 15.8 Å². The summed E-state index contributed by atoms with van der Waals surface area (Å²) in [6, 6.07) is 11.5. The summed E-state index contributed by atoms with van der Waals surface area (Å²) < 4.78 is 0. The number of benzene rings is 1. The highest BCUT2D eigenvalue weighted by Gasteiger charge is 2.06. The van der Waals surface area contributed by atoms with Crippen LogP contribution in [0.5, 0.6) is 0 Å². The Bertz CT molecular complexity index is 559. The summed E-state index contributed by atoms with van der Waals surface area (Å²) in [4.78, 5) is 8.84. The van der Waals surface area contributed by atoms with E-state index in [0.717, 1.165) is 24.9 Å². The number of hydrogen-bond acceptors (Lipinski definition) is 6. The standard InChI is InChI=1S/C15H21N5O/c1-11(21)6-5-9-17-13-10-14(20-16)19-15(18-13)12-7-3-2-4-8-12/h2-4,7-8,10-11,21H,5-6,9,16H2,1H3,(H2,17,18,19,20). The maximum Gasteiger partial charge on any atom is 0.163 e. The number of aliphatic hydroxyl groups excluding tert-OH is 1. The van der Waals surface area contributed by atoms with Crippen molar-refractivity contribution in [2.24, 2.45) is 5.84 Å². The van der Waals surface area contributed by atoms with Crippen molar-refractivity contribution in [2.45, 2.75) is 25.9 Å². The molecule has 0 saturated carbocycles. The number of nitrogens with one attached hydrogen (secondary N) is 2. The molecule has 1 heterocycles. The van der Waals surface area contributed by atoms with Crippen molar-refractivity contribution in [3.8, 4) is 11.4 Å². The molecule has 2 aromatic rings. The van der Waals surface area contributed by atoms with Gasteiger partial charge in [0.15, 0.2) is 5.82 Å². The fraction of sp³-hybridized carbons (Fsp3) is 0.333. The normalized spacial score (nSPS) is 12.0. The molecule has 0 amide bonds. The van der Waals surface area contributed by atoms with Crippen LogP contribution in [0.3, 0.4) is 0 Å². The van der Waals surface area contributed by atoms with Crippen LogP contribution < -0.4 is 16.6 Å². The molecule has 0 radical (unpaired) electrons. The Morgan fingerprint density at radius 1 is 1.19 bits per heavy atom. The molecule has 2 rings (SSSR count). The van der Waals surface area contributed by atoms with Crippen molar-refractivity contribution in [2.75, 3.05) is 17.3 Å². The highest BCUT2D eigenvalue weighted by molar-refractivity contribution is 5.60. The minimum Gasteiger partial charge on any atom is -0.393 e. The summed E-state index contributed by atoms with van der Waals surface area (Å²) in [5.74, 6) is 7.34. The maximum atomic E-state index is 9.24. The first kappa shape index (κ1) is 15.2. The van der Waals surface area contributed by atoms with Gasteiger partial charge in [0.25, 0.3) is 0 Å². The number of hydrazine groups is 1. The van der Waals surface area contributed by atoms with Crippen LogP contribution in [-0.2, 0) is 0 Å². The van der Waals surface area contributed by atoms with Gasteiger partial charge < -0.3 is 15.8 Å². The highest BCUT2D eigenvalue weighted by atomic mass is 16.3. The predicted octanol–water partition coefficient (Wildman–Crippen LogP) is 2.00.